The minimum Gasteiger partial charge on any atom is -0.355 e. The third-order valence-corrected chi connectivity index (χ3v) is 3.76. The fourth-order valence-electron chi connectivity index (χ4n) is 1.08. The Bertz CT molecular complexity index is 439. The van der Waals surface area contributed by atoms with E-state index in [0.717, 1.165) is 11.9 Å². The van der Waals surface area contributed by atoms with Crippen molar-refractivity contribution in [1.82, 2.24) is 15.3 Å². The number of aromatic nitrogens is 2. The molecule has 1 unspecified atom stereocenters. The van der Waals surface area contributed by atoms with Crippen LogP contribution in [-0.4, -0.2) is 42.3 Å². The minimum absolute atomic E-state index is 0.390. The van der Waals surface area contributed by atoms with Crippen LogP contribution in [0.25, 0.3) is 0 Å². The molecular formula is C9H15N3O3S. The third kappa shape index (κ3) is 3.65. The number of aromatic amines is 1. The van der Waals surface area contributed by atoms with Crippen LogP contribution in [0.2, 0.25) is 0 Å². The Balaban J connectivity index is 2.36. The number of hydrogen-bond donors (Lipinski definition) is 2. The van der Waals surface area contributed by atoms with Crippen LogP contribution < -0.4 is 5.32 Å². The molecule has 0 fully saturated rings. The van der Waals surface area contributed by atoms with Crippen LogP contribution >= 0.6 is 0 Å². The molecule has 6 nitrogen and oxygen atoms in total. The van der Waals surface area contributed by atoms with Crippen LogP contribution in [0.5, 0.6) is 0 Å². The van der Waals surface area contributed by atoms with Crippen molar-refractivity contribution in [2.75, 3.05) is 12.8 Å². The number of imidazole rings is 1. The molecule has 1 aromatic rings. The molecule has 0 radical (unpaired) electrons. The minimum atomic E-state index is -3.32. The van der Waals surface area contributed by atoms with Crippen LogP contribution in [0.1, 0.15) is 12.6 Å². The highest BCUT2D eigenvalue weighted by Crippen LogP contribution is 1.98. The molecule has 1 rings (SSSR count). The van der Waals surface area contributed by atoms with E-state index in [-0.39, 0.29) is 0 Å². The van der Waals surface area contributed by atoms with Gasteiger partial charge in [0, 0.05) is 31.1 Å². The Morgan fingerprint density at radius 3 is 2.81 bits per heavy atom. The third-order valence-electron chi connectivity index (χ3n) is 2.26. The molecule has 1 amide bonds. The van der Waals surface area contributed by atoms with Crippen molar-refractivity contribution in [3.63, 3.8) is 0 Å². The van der Waals surface area contributed by atoms with E-state index < -0.39 is 21.0 Å². The monoisotopic (exact) mass is 245 g/mol. The molecule has 1 heterocycles. The van der Waals surface area contributed by atoms with Crippen LogP contribution in [-0.2, 0) is 21.1 Å². The number of carbonyl (C=O) groups excluding carboxylic acids is 1. The lowest BCUT2D eigenvalue weighted by molar-refractivity contribution is -0.120. The molecule has 90 valence electrons. The second kappa shape index (κ2) is 5.11. The Kier molecular flexibility index (Phi) is 4.05. The fraction of sp³-hybridized carbons (Fsp3) is 0.556. The number of nitrogens with zero attached hydrogens (tertiary/aromatic N) is 1. The number of carbonyl (C=O) groups is 1. The summed E-state index contributed by atoms with van der Waals surface area (Å²) in [5, 5.41) is 1.56. The van der Waals surface area contributed by atoms with E-state index in [1.54, 1.807) is 12.5 Å². The predicted octanol–water partition coefficient (Wildman–Crippen LogP) is -0.499. The Labute approximate surface area is 94.4 Å². The highest BCUT2D eigenvalue weighted by molar-refractivity contribution is 7.92. The van der Waals surface area contributed by atoms with Gasteiger partial charge in [-0.05, 0) is 6.92 Å². The highest BCUT2D eigenvalue weighted by atomic mass is 32.2. The number of hydrogen-bond acceptors (Lipinski definition) is 4. The van der Waals surface area contributed by atoms with E-state index in [1.807, 2.05) is 0 Å². The van der Waals surface area contributed by atoms with Gasteiger partial charge in [0.1, 0.15) is 5.25 Å². The molecule has 0 aliphatic rings. The average Bonchev–Trinajstić information content (AvgIpc) is 2.67. The van der Waals surface area contributed by atoms with Crippen molar-refractivity contribution in [1.29, 1.82) is 0 Å². The Morgan fingerprint density at radius 2 is 2.31 bits per heavy atom. The Morgan fingerprint density at radius 1 is 1.62 bits per heavy atom. The molecule has 0 aliphatic carbocycles. The topological polar surface area (TPSA) is 91.9 Å². The standard InChI is InChI=1S/C9H15N3O3S/c1-7(16(2,14)15)9(13)11-4-3-8-5-10-6-12-8/h5-7H,3-4H2,1-2H3,(H,10,12)(H,11,13). The summed E-state index contributed by atoms with van der Waals surface area (Å²) in [4.78, 5) is 18.1. The highest BCUT2D eigenvalue weighted by Gasteiger charge is 2.22. The zero-order valence-corrected chi connectivity index (χ0v) is 10.0. The molecular weight excluding hydrogens is 230 g/mol. The SMILES string of the molecule is CC(C(=O)NCCc1cnc[nH]1)S(C)(=O)=O. The summed E-state index contributed by atoms with van der Waals surface area (Å²) >= 11 is 0. The lowest BCUT2D eigenvalue weighted by Crippen LogP contribution is -2.38. The van der Waals surface area contributed by atoms with Gasteiger partial charge >= 0.3 is 0 Å². The van der Waals surface area contributed by atoms with E-state index in [1.165, 1.54) is 6.92 Å². The van der Waals surface area contributed by atoms with Crippen LogP contribution in [0.4, 0.5) is 0 Å². The van der Waals surface area contributed by atoms with Gasteiger partial charge in [-0.1, -0.05) is 0 Å². The molecule has 0 spiro atoms. The lowest BCUT2D eigenvalue weighted by Gasteiger charge is -2.09. The number of rotatable bonds is 5. The first kappa shape index (κ1) is 12.7. The zero-order chi connectivity index (χ0) is 12.2. The molecule has 0 aromatic carbocycles. The number of nitrogens with one attached hydrogen (secondary N) is 2. The maximum absolute atomic E-state index is 11.4. The van der Waals surface area contributed by atoms with E-state index in [0.29, 0.717) is 13.0 Å². The maximum atomic E-state index is 11.4. The van der Waals surface area contributed by atoms with Crippen LogP contribution in [0, 0.1) is 0 Å². The second-order valence-corrected chi connectivity index (χ2v) is 5.96. The maximum Gasteiger partial charge on any atom is 0.238 e. The second-order valence-electron chi connectivity index (χ2n) is 3.59. The fourth-order valence-corrected chi connectivity index (χ4v) is 1.55. The van der Waals surface area contributed by atoms with E-state index in [2.05, 4.69) is 15.3 Å². The van der Waals surface area contributed by atoms with Crippen molar-refractivity contribution in [2.24, 2.45) is 0 Å². The normalized spacial score (nSPS) is 13.4. The molecule has 0 saturated carbocycles. The van der Waals surface area contributed by atoms with Crippen LogP contribution in [0.3, 0.4) is 0 Å². The summed E-state index contributed by atoms with van der Waals surface area (Å²) in [6.45, 7) is 1.77. The Hall–Kier alpha value is -1.37. The van der Waals surface area contributed by atoms with Gasteiger partial charge in [0.2, 0.25) is 5.91 Å². The van der Waals surface area contributed by atoms with Crippen molar-refractivity contribution in [2.45, 2.75) is 18.6 Å². The van der Waals surface area contributed by atoms with E-state index in [9.17, 15) is 13.2 Å². The average molecular weight is 245 g/mol. The first-order chi connectivity index (χ1) is 7.41. The summed E-state index contributed by atoms with van der Waals surface area (Å²) in [6, 6.07) is 0. The van der Waals surface area contributed by atoms with Gasteiger partial charge in [0.05, 0.1) is 6.33 Å². The first-order valence-electron chi connectivity index (χ1n) is 4.85. The summed E-state index contributed by atoms with van der Waals surface area (Å²) in [5.74, 6) is -0.470. The van der Waals surface area contributed by atoms with Crippen LogP contribution in [0.15, 0.2) is 12.5 Å². The molecule has 16 heavy (non-hydrogen) atoms. The van der Waals surface area contributed by atoms with Gasteiger partial charge in [-0.3, -0.25) is 4.79 Å². The van der Waals surface area contributed by atoms with E-state index >= 15 is 0 Å². The molecule has 2 N–H and O–H groups in total. The van der Waals surface area contributed by atoms with Gasteiger partial charge in [-0.2, -0.15) is 0 Å². The number of amides is 1. The quantitative estimate of drug-likeness (QED) is 0.731. The van der Waals surface area contributed by atoms with Crippen molar-refractivity contribution < 1.29 is 13.2 Å². The van der Waals surface area contributed by atoms with Gasteiger partial charge in [0.15, 0.2) is 9.84 Å². The molecule has 1 aromatic heterocycles. The molecule has 0 aliphatic heterocycles. The first-order valence-corrected chi connectivity index (χ1v) is 6.80. The molecule has 7 heteroatoms. The molecule has 0 bridgehead atoms. The number of sulfone groups is 1. The van der Waals surface area contributed by atoms with Gasteiger partial charge in [0.25, 0.3) is 0 Å². The summed E-state index contributed by atoms with van der Waals surface area (Å²) < 4.78 is 22.2. The van der Waals surface area contributed by atoms with Gasteiger partial charge in [-0.15, -0.1) is 0 Å². The predicted molar refractivity (Wildman–Crippen MR) is 59.6 cm³/mol. The molecule has 0 saturated heterocycles. The van der Waals surface area contributed by atoms with E-state index in [4.69, 9.17) is 0 Å². The largest absolute Gasteiger partial charge is 0.355 e. The number of H-pyrrole nitrogens is 1. The van der Waals surface area contributed by atoms with Crippen molar-refractivity contribution in [3.05, 3.63) is 18.2 Å². The van der Waals surface area contributed by atoms with Crippen molar-refractivity contribution in [3.8, 4) is 0 Å². The lowest BCUT2D eigenvalue weighted by atomic mass is 10.3. The summed E-state index contributed by atoms with van der Waals surface area (Å²) in [5.41, 5.74) is 0.896. The summed E-state index contributed by atoms with van der Waals surface area (Å²) in [7, 11) is -3.32. The summed E-state index contributed by atoms with van der Waals surface area (Å²) in [6.07, 6.45) is 4.86. The molecule has 1 atom stereocenters. The van der Waals surface area contributed by atoms with Crippen molar-refractivity contribution >= 4 is 15.7 Å². The smallest absolute Gasteiger partial charge is 0.238 e. The van der Waals surface area contributed by atoms with Gasteiger partial charge < -0.3 is 10.3 Å². The van der Waals surface area contributed by atoms with Gasteiger partial charge in [-0.25, -0.2) is 13.4 Å². The zero-order valence-electron chi connectivity index (χ0n) is 9.23.